The molecule has 1 aliphatic carbocycles. The van der Waals surface area contributed by atoms with Crippen LogP contribution in [0.2, 0.25) is 5.02 Å². The zero-order chi connectivity index (χ0) is 31.6. The topological polar surface area (TPSA) is 88.1 Å². The van der Waals surface area contributed by atoms with Crippen LogP contribution >= 0.6 is 11.6 Å². The predicted octanol–water partition coefficient (Wildman–Crippen LogP) is 6.69. The van der Waals surface area contributed by atoms with E-state index in [-0.39, 0.29) is 29.6 Å². The van der Waals surface area contributed by atoms with Crippen LogP contribution in [0.3, 0.4) is 0 Å². The number of ether oxygens (including phenoxy) is 2. The first-order valence-electron chi connectivity index (χ1n) is 16.1. The number of allylic oxidation sites excluding steroid dienone is 1. The van der Waals surface area contributed by atoms with E-state index in [1.54, 1.807) is 13.2 Å². The lowest BCUT2D eigenvalue weighted by Gasteiger charge is -2.44. The number of aliphatic hydroxyl groups is 1. The minimum atomic E-state index is -1.53. The van der Waals surface area contributed by atoms with Crippen molar-refractivity contribution in [3.8, 4) is 5.75 Å². The number of carbonyl (C=O) groups is 1. The highest BCUT2D eigenvalue weighted by Crippen LogP contribution is 2.44. The summed E-state index contributed by atoms with van der Waals surface area (Å²) in [4.78, 5) is 15.6. The Kier molecular flexibility index (Phi) is 13.2. The van der Waals surface area contributed by atoms with Gasteiger partial charge in [-0.2, -0.15) is 0 Å². The molecule has 9 heteroatoms. The van der Waals surface area contributed by atoms with Crippen LogP contribution in [-0.2, 0) is 22.1 Å². The van der Waals surface area contributed by atoms with Crippen molar-refractivity contribution in [1.29, 1.82) is 0 Å². The Morgan fingerprint density at radius 2 is 2.07 bits per heavy atom. The highest BCUT2D eigenvalue weighted by Gasteiger charge is 2.38. The molecule has 2 aliphatic rings. The zero-order valence-corrected chi connectivity index (χ0v) is 28.2. The molecule has 242 valence electrons. The second-order valence-corrected chi connectivity index (χ2v) is 14.2. The van der Waals surface area contributed by atoms with E-state index < -0.39 is 11.0 Å². The maximum atomic E-state index is 13.3. The first-order chi connectivity index (χ1) is 21.3. The Bertz CT molecular complexity index is 1300. The third kappa shape index (κ3) is 8.65. The van der Waals surface area contributed by atoms with E-state index in [2.05, 4.69) is 47.8 Å². The van der Waals surface area contributed by atoms with Gasteiger partial charge in [-0.25, -0.2) is 4.21 Å². The molecule has 0 aromatic heterocycles. The van der Waals surface area contributed by atoms with Gasteiger partial charge in [-0.05, 0) is 92.3 Å². The SMILES string of the molecule is CC/C=C/C(CO)C1CCC1CN1CC(c2ccc(Cl)cc2CCC)COc2ccc(C(=O)NS(=O)C(C)CCOC)cc21. The second-order valence-electron chi connectivity index (χ2n) is 12.2. The lowest BCUT2D eigenvalue weighted by atomic mass is 9.66. The number of rotatable bonds is 15. The van der Waals surface area contributed by atoms with Crippen LogP contribution in [-0.4, -0.2) is 60.5 Å². The first-order valence-corrected chi connectivity index (χ1v) is 17.7. The average molecular weight is 645 g/mol. The summed E-state index contributed by atoms with van der Waals surface area (Å²) < 4.78 is 27.1. The molecular formula is C35H49ClN2O5S. The normalized spacial score (nSPS) is 22.0. The molecule has 2 N–H and O–H groups in total. The number of aliphatic hydroxyl groups excluding tert-OH is 1. The maximum Gasteiger partial charge on any atom is 0.263 e. The van der Waals surface area contributed by atoms with Crippen LogP contribution in [0.4, 0.5) is 5.69 Å². The third-order valence-electron chi connectivity index (χ3n) is 9.10. The molecule has 1 heterocycles. The van der Waals surface area contributed by atoms with Crippen LogP contribution in [0.1, 0.15) is 80.3 Å². The minimum absolute atomic E-state index is 0.111. The van der Waals surface area contributed by atoms with Crippen molar-refractivity contribution in [2.24, 2.45) is 17.8 Å². The number of nitrogens with zero attached hydrogens (tertiary/aromatic N) is 1. The molecule has 0 radical (unpaired) electrons. The summed E-state index contributed by atoms with van der Waals surface area (Å²) in [6.07, 6.45) is 10.0. The molecule has 1 saturated carbocycles. The van der Waals surface area contributed by atoms with Crippen LogP contribution in [0.25, 0.3) is 0 Å². The predicted molar refractivity (Wildman–Crippen MR) is 180 cm³/mol. The Labute approximate surface area is 270 Å². The van der Waals surface area contributed by atoms with E-state index in [0.29, 0.717) is 37.0 Å². The summed E-state index contributed by atoms with van der Waals surface area (Å²) in [6, 6.07) is 11.7. The summed E-state index contributed by atoms with van der Waals surface area (Å²) >= 11 is 6.41. The van der Waals surface area contributed by atoms with Crippen LogP contribution in [0, 0.1) is 17.8 Å². The summed E-state index contributed by atoms with van der Waals surface area (Å²) in [6.45, 7) is 8.81. The molecule has 1 amide bonds. The van der Waals surface area contributed by atoms with Crippen molar-refractivity contribution >= 4 is 34.2 Å². The van der Waals surface area contributed by atoms with Gasteiger partial charge in [-0.15, -0.1) is 0 Å². The fourth-order valence-electron chi connectivity index (χ4n) is 6.41. The second kappa shape index (κ2) is 16.8. The molecule has 0 bridgehead atoms. The minimum Gasteiger partial charge on any atom is -0.491 e. The van der Waals surface area contributed by atoms with E-state index in [1.807, 2.05) is 25.1 Å². The number of hydrogen-bond acceptors (Lipinski definition) is 6. The standard InChI is InChI=1S/C35H49ClN2O5S/c1-5-7-9-28(22-39)32-13-10-27(32)20-38-21-29(31-14-12-30(36)18-25(31)8-6-2)23-43-34-15-11-26(19-33(34)38)35(40)37-44(41)24(3)16-17-42-4/h7,9,11-12,14-15,18-19,24,27-29,32,39H,5-6,8,10,13,16-17,20-23H2,1-4H3,(H,37,40)/b9-7+. The van der Waals surface area contributed by atoms with Crippen molar-refractivity contribution in [2.45, 2.75) is 70.5 Å². The summed E-state index contributed by atoms with van der Waals surface area (Å²) in [7, 11) is 0.0796. The first kappa shape index (κ1) is 34.5. The quantitative estimate of drug-likeness (QED) is 0.210. The number of benzene rings is 2. The fraction of sp³-hybridized carbons (Fsp3) is 0.571. The number of methoxy groups -OCH3 is 1. The Hall–Kier alpha value is -2.39. The number of halogens is 1. The molecule has 6 unspecified atom stereocenters. The smallest absolute Gasteiger partial charge is 0.263 e. The van der Waals surface area contributed by atoms with Crippen molar-refractivity contribution in [2.75, 3.05) is 44.9 Å². The van der Waals surface area contributed by atoms with Crippen molar-refractivity contribution in [1.82, 2.24) is 4.72 Å². The largest absolute Gasteiger partial charge is 0.491 e. The van der Waals surface area contributed by atoms with E-state index in [4.69, 9.17) is 21.1 Å². The lowest BCUT2D eigenvalue weighted by molar-refractivity contribution is 0.0902. The Balaban J connectivity index is 1.64. The monoisotopic (exact) mass is 644 g/mol. The number of fused-ring (bicyclic) bond motifs is 1. The van der Waals surface area contributed by atoms with Crippen LogP contribution < -0.4 is 14.4 Å². The highest BCUT2D eigenvalue weighted by molar-refractivity contribution is 7.84. The zero-order valence-electron chi connectivity index (χ0n) is 26.6. The number of amides is 1. The summed E-state index contributed by atoms with van der Waals surface area (Å²) in [5.74, 6) is 1.44. The van der Waals surface area contributed by atoms with Gasteiger partial charge in [-0.1, -0.05) is 50.1 Å². The number of aryl methyl sites for hydroxylation is 1. The molecule has 1 fully saturated rings. The molecule has 0 saturated heterocycles. The molecule has 0 spiro atoms. The molecule has 44 heavy (non-hydrogen) atoms. The van der Waals surface area contributed by atoms with Gasteiger partial charge in [0.05, 0.1) is 17.5 Å². The average Bonchev–Trinajstić information content (AvgIpc) is 3.19. The van der Waals surface area contributed by atoms with Gasteiger partial charge in [0, 0.05) is 55.8 Å². The molecule has 7 nitrogen and oxygen atoms in total. The molecular weight excluding hydrogens is 596 g/mol. The van der Waals surface area contributed by atoms with Gasteiger partial charge in [0.15, 0.2) is 0 Å². The van der Waals surface area contributed by atoms with Gasteiger partial charge < -0.3 is 19.5 Å². The van der Waals surface area contributed by atoms with Gasteiger partial charge in [0.25, 0.3) is 5.91 Å². The van der Waals surface area contributed by atoms with Crippen LogP contribution in [0.5, 0.6) is 5.75 Å². The van der Waals surface area contributed by atoms with Crippen molar-refractivity contribution in [3.63, 3.8) is 0 Å². The fourth-order valence-corrected chi connectivity index (χ4v) is 7.42. The van der Waals surface area contributed by atoms with Crippen molar-refractivity contribution < 1.29 is 23.6 Å². The third-order valence-corrected chi connectivity index (χ3v) is 10.7. The molecule has 4 rings (SSSR count). The number of hydrogen-bond donors (Lipinski definition) is 2. The van der Waals surface area contributed by atoms with E-state index >= 15 is 0 Å². The van der Waals surface area contributed by atoms with E-state index in [9.17, 15) is 14.1 Å². The summed E-state index contributed by atoms with van der Waals surface area (Å²) in [5, 5.41) is 10.7. The molecule has 1 aliphatic heterocycles. The van der Waals surface area contributed by atoms with Gasteiger partial charge in [0.2, 0.25) is 0 Å². The Morgan fingerprint density at radius 1 is 1.25 bits per heavy atom. The van der Waals surface area contributed by atoms with Gasteiger partial charge in [0.1, 0.15) is 16.7 Å². The van der Waals surface area contributed by atoms with Crippen molar-refractivity contribution in [3.05, 3.63) is 70.3 Å². The highest BCUT2D eigenvalue weighted by atomic mass is 35.5. The molecule has 2 aromatic carbocycles. The van der Waals surface area contributed by atoms with Gasteiger partial charge in [-0.3, -0.25) is 9.52 Å². The molecule has 6 atom stereocenters. The maximum absolute atomic E-state index is 13.3. The number of anilines is 1. The van der Waals surface area contributed by atoms with E-state index in [1.165, 1.54) is 11.1 Å². The summed E-state index contributed by atoms with van der Waals surface area (Å²) in [5.41, 5.74) is 3.82. The lowest BCUT2D eigenvalue weighted by Crippen LogP contribution is -2.43. The van der Waals surface area contributed by atoms with Gasteiger partial charge >= 0.3 is 0 Å². The number of nitrogens with one attached hydrogen (secondary N) is 1. The Morgan fingerprint density at radius 3 is 2.75 bits per heavy atom. The van der Waals surface area contributed by atoms with Crippen LogP contribution in [0.15, 0.2) is 48.6 Å². The van der Waals surface area contributed by atoms with E-state index in [0.717, 1.165) is 61.7 Å². The number of carbonyl (C=O) groups excluding carboxylic acids is 1. The molecule has 2 aromatic rings.